The van der Waals surface area contributed by atoms with E-state index in [1.807, 2.05) is 37.4 Å². The number of hydrogen-bond donors (Lipinski definition) is 1. The number of likely N-dealkylation sites (N-methyl/N-ethyl adjacent to an activating group) is 1. The molecular formula is C19H31N3O3. The largest absolute Gasteiger partial charge is 0.492 e. The number of benzene rings is 1. The Labute approximate surface area is 151 Å². The fraction of sp³-hybridized carbons (Fsp3) is 0.632. The summed E-state index contributed by atoms with van der Waals surface area (Å²) in [5.74, 6) is 1.77. The van der Waals surface area contributed by atoms with Crippen molar-refractivity contribution in [3.63, 3.8) is 0 Å². The third kappa shape index (κ3) is 7.75. The highest BCUT2D eigenvalue weighted by Gasteiger charge is 2.13. The first-order valence-corrected chi connectivity index (χ1v) is 9.08. The number of nitrogens with zero attached hydrogens (tertiary/aromatic N) is 2. The summed E-state index contributed by atoms with van der Waals surface area (Å²) in [5.41, 5.74) is 0. The van der Waals surface area contributed by atoms with E-state index < -0.39 is 0 Å². The van der Waals surface area contributed by atoms with E-state index in [0.29, 0.717) is 12.7 Å². The van der Waals surface area contributed by atoms with Crippen LogP contribution in [0.2, 0.25) is 0 Å². The second-order valence-electron chi connectivity index (χ2n) is 6.09. The van der Waals surface area contributed by atoms with Gasteiger partial charge in [-0.2, -0.15) is 0 Å². The lowest BCUT2D eigenvalue weighted by atomic mass is 10.1. The molecule has 0 unspecified atom stereocenters. The lowest BCUT2D eigenvalue weighted by molar-refractivity contribution is -0.0320. The summed E-state index contributed by atoms with van der Waals surface area (Å²) < 4.78 is 16.9. The van der Waals surface area contributed by atoms with E-state index >= 15 is 0 Å². The van der Waals surface area contributed by atoms with Gasteiger partial charge in [-0.15, -0.1) is 0 Å². The molecule has 1 aromatic carbocycles. The van der Waals surface area contributed by atoms with Crippen LogP contribution in [0.1, 0.15) is 19.3 Å². The number of rotatable bonds is 9. The molecule has 0 bridgehead atoms. The van der Waals surface area contributed by atoms with Gasteiger partial charge >= 0.3 is 0 Å². The molecule has 1 heterocycles. The summed E-state index contributed by atoms with van der Waals surface area (Å²) in [5, 5.41) is 3.37. The maximum absolute atomic E-state index is 5.88. The quantitative estimate of drug-likeness (QED) is 0.421. The molecule has 0 amide bonds. The average Bonchev–Trinajstić information content (AvgIpc) is 2.66. The maximum Gasteiger partial charge on any atom is 0.193 e. The smallest absolute Gasteiger partial charge is 0.193 e. The zero-order valence-electron chi connectivity index (χ0n) is 15.4. The van der Waals surface area contributed by atoms with E-state index in [4.69, 9.17) is 14.2 Å². The second-order valence-corrected chi connectivity index (χ2v) is 6.09. The summed E-state index contributed by atoms with van der Waals surface area (Å²) >= 11 is 0. The summed E-state index contributed by atoms with van der Waals surface area (Å²) in [6.07, 6.45) is 3.36. The molecule has 140 valence electrons. The van der Waals surface area contributed by atoms with Gasteiger partial charge in [0.05, 0.1) is 12.6 Å². The number of nitrogens with one attached hydrogen (secondary N) is 1. The lowest BCUT2D eigenvalue weighted by Gasteiger charge is -2.23. The molecule has 25 heavy (non-hydrogen) atoms. The minimum absolute atomic E-state index is 0.367. The van der Waals surface area contributed by atoms with Gasteiger partial charge in [0, 0.05) is 40.5 Å². The van der Waals surface area contributed by atoms with Crippen LogP contribution >= 0.6 is 0 Å². The Morgan fingerprint density at radius 2 is 2.00 bits per heavy atom. The zero-order chi connectivity index (χ0) is 17.7. The third-order valence-electron chi connectivity index (χ3n) is 4.14. The summed E-state index contributed by atoms with van der Waals surface area (Å²) in [6.45, 7) is 4.66. The highest BCUT2D eigenvalue weighted by Crippen LogP contribution is 2.10. The van der Waals surface area contributed by atoms with Crippen molar-refractivity contribution in [3.8, 4) is 5.75 Å². The van der Waals surface area contributed by atoms with Crippen molar-refractivity contribution in [1.82, 2.24) is 10.2 Å². The molecule has 0 saturated carbocycles. The first kappa shape index (κ1) is 19.5. The minimum Gasteiger partial charge on any atom is -0.492 e. The van der Waals surface area contributed by atoms with Gasteiger partial charge in [-0.3, -0.25) is 4.99 Å². The van der Waals surface area contributed by atoms with Crippen molar-refractivity contribution >= 4 is 5.96 Å². The Balaban J connectivity index is 1.55. The van der Waals surface area contributed by atoms with Gasteiger partial charge in [-0.1, -0.05) is 18.2 Å². The van der Waals surface area contributed by atoms with Gasteiger partial charge in [-0.05, 0) is 31.4 Å². The predicted octanol–water partition coefficient (Wildman–Crippen LogP) is 2.16. The van der Waals surface area contributed by atoms with Crippen LogP contribution in [-0.2, 0) is 9.47 Å². The van der Waals surface area contributed by atoms with Crippen molar-refractivity contribution in [1.29, 1.82) is 0 Å². The maximum atomic E-state index is 5.88. The van der Waals surface area contributed by atoms with E-state index in [1.54, 1.807) is 7.05 Å². The molecule has 6 nitrogen and oxygen atoms in total. The van der Waals surface area contributed by atoms with Crippen molar-refractivity contribution in [2.45, 2.75) is 25.4 Å². The van der Waals surface area contributed by atoms with E-state index in [9.17, 15) is 0 Å². The van der Waals surface area contributed by atoms with Gasteiger partial charge < -0.3 is 24.4 Å². The fourth-order valence-electron chi connectivity index (χ4n) is 2.67. The van der Waals surface area contributed by atoms with Gasteiger partial charge in [0.2, 0.25) is 0 Å². The van der Waals surface area contributed by atoms with Gasteiger partial charge in [-0.25, -0.2) is 0 Å². The standard InChI is InChI=1S/C19H31N3O3/c1-20-19(21-11-6-13-24-18-9-14-23-15-10-18)22(2)12-16-25-17-7-4-3-5-8-17/h3-5,7-8,18H,6,9-16H2,1-2H3,(H,20,21). The van der Waals surface area contributed by atoms with Crippen molar-refractivity contribution in [2.24, 2.45) is 4.99 Å². The molecule has 0 radical (unpaired) electrons. The van der Waals surface area contributed by atoms with Crippen LogP contribution in [0, 0.1) is 0 Å². The predicted molar refractivity (Wildman–Crippen MR) is 100 cm³/mol. The summed E-state index contributed by atoms with van der Waals surface area (Å²) in [7, 11) is 3.82. The number of aliphatic imine (C=N–C) groups is 1. The van der Waals surface area contributed by atoms with Crippen LogP contribution in [0.4, 0.5) is 0 Å². The van der Waals surface area contributed by atoms with Crippen LogP contribution in [-0.4, -0.2) is 70.6 Å². The molecule has 0 aliphatic carbocycles. The summed E-state index contributed by atoms with van der Waals surface area (Å²) in [4.78, 5) is 6.39. The lowest BCUT2D eigenvalue weighted by Crippen LogP contribution is -2.41. The Morgan fingerprint density at radius 1 is 1.24 bits per heavy atom. The Hall–Kier alpha value is -1.79. The topological polar surface area (TPSA) is 55.3 Å². The van der Waals surface area contributed by atoms with E-state index in [-0.39, 0.29) is 0 Å². The third-order valence-corrected chi connectivity index (χ3v) is 4.14. The highest BCUT2D eigenvalue weighted by atomic mass is 16.5. The van der Waals surface area contributed by atoms with Gasteiger partial charge in [0.25, 0.3) is 0 Å². The van der Waals surface area contributed by atoms with Crippen LogP contribution in [0.5, 0.6) is 5.75 Å². The Bertz CT molecular complexity index is 490. The summed E-state index contributed by atoms with van der Waals surface area (Å²) in [6, 6.07) is 9.86. The molecule has 1 aromatic rings. The van der Waals surface area contributed by atoms with Gasteiger partial charge in [0.15, 0.2) is 5.96 Å². The monoisotopic (exact) mass is 349 g/mol. The van der Waals surface area contributed by atoms with Crippen LogP contribution in [0.15, 0.2) is 35.3 Å². The molecule has 2 rings (SSSR count). The molecule has 1 aliphatic rings. The van der Waals surface area contributed by atoms with E-state index in [2.05, 4.69) is 15.2 Å². The van der Waals surface area contributed by atoms with E-state index in [0.717, 1.165) is 63.9 Å². The van der Waals surface area contributed by atoms with Gasteiger partial charge in [0.1, 0.15) is 12.4 Å². The average molecular weight is 349 g/mol. The normalized spacial score (nSPS) is 15.8. The second kappa shape index (κ2) is 11.7. The van der Waals surface area contributed by atoms with Crippen LogP contribution < -0.4 is 10.1 Å². The number of guanidine groups is 1. The van der Waals surface area contributed by atoms with Crippen molar-refractivity contribution in [3.05, 3.63) is 30.3 Å². The number of hydrogen-bond acceptors (Lipinski definition) is 4. The Kier molecular flexibility index (Phi) is 9.15. The first-order chi connectivity index (χ1) is 12.3. The van der Waals surface area contributed by atoms with Crippen molar-refractivity contribution < 1.29 is 14.2 Å². The zero-order valence-corrected chi connectivity index (χ0v) is 15.4. The molecule has 0 aromatic heterocycles. The number of para-hydroxylation sites is 1. The van der Waals surface area contributed by atoms with E-state index in [1.165, 1.54) is 0 Å². The molecule has 6 heteroatoms. The minimum atomic E-state index is 0.367. The van der Waals surface area contributed by atoms with Crippen LogP contribution in [0.25, 0.3) is 0 Å². The number of ether oxygens (including phenoxy) is 3. The molecular weight excluding hydrogens is 318 g/mol. The fourth-order valence-corrected chi connectivity index (χ4v) is 2.67. The molecule has 1 N–H and O–H groups in total. The molecule has 0 spiro atoms. The first-order valence-electron chi connectivity index (χ1n) is 9.08. The van der Waals surface area contributed by atoms with Crippen molar-refractivity contribution in [2.75, 3.05) is 53.6 Å². The SMILES string of the molecule is CN=C(NCCCOC1CCOCC1)N(C)CCOc1ccccc1. The molecule has 1 saturated heterocycles. The molecule has 1 fully saturated rings. The van der Waals surface area contributed by atoms with Crippen LogP contribution in [0.3, 0.4) is 0 Å². The molecule has 0 atom stereocenters. The Morgan fingerprint density at radius 3 is 2.72 bits per heavy atom. The molecule has 1 aliphatic heterocycles. The highest BCUT2D eigenvalue weighted by molar-refractivity contribution is 5.79.